The minimum absolute atomic E-state index is 0.0556. The molecule has 8 nitrogen and oxygen atoms in total. The molecule has 0 bridgehead atoms. The van der Waals surface area contributed by atoms with Gasteiger partial charge >= 0.3 is 5.97 Å². The molecule has 0 aliphatic rings. The van der Waals surface area contributed by atoms with Crippen molar-refractivity contribution >= 4 is 29.5 Å². The maximum atomic E-state index is 11.1. The number of thioether (sulfide) groups is 2. The number of carboxylic acid groups (broad SMARTS) is 1. The zero-order valence-electron chi connectivity index (χ0n) is 14.0. The van der Waals surface area contributed by atoms with Crippen molar-refractivity contribution in [2.45, 2.75) is 15.6 Å². The lowest BCUT2D eigenvalue weighted by molar-refractivity contribution is -0.134. The van der Waals surface area contributed by atoms with Gasteiger partial charge in [-0.1, -0.05) is 11.8 Å². The van der Waals surface area contributed by atoms with E-state index >= 15 is 0 Å². The minimum Gasteiger partial charge on any atom is -0.508 e. The zero-order valence-corrected chi connectivity index (χ0v) is 15.6. The molecule has 0 aromatic heterocycles. The van der Waals surface area contributed by atoms with Gasteiger partial charge in [0.05, 0.1) is 17.6 Å². The molecule has 2 aromatic rings. The summed E-state index contributed by atoms with van der Waals surface area (Å²) >= 11 is 1.78. The lowest BCUT2D eigenvalue weighted by Crippen LogP contribution is -2.20. The van der Waals surface area contributed by atoms with Crippen LogP contribution in [-0.4, -0.2) is 64.8 Å². The number of aromatic hydroxyl groups is 4. The summed E-state index contributed by atoms with van der Waals surface area (Å²) in [6.07, 6.45) is -0.995. The van der Waals surface area contributed by atoms with E-state index in [-0.39, 0.29) is 33.6 Å². The van der Waals surface area contributed by atoms with Crippen LogP contribution in [0.5, 0.6) is 23.0 Å². The number of hydrogen-bond donors (Lipinski definition) is 7. The third kappa shape index (κ3) is 8.78. The van der Waals surface area contributed by atoms with E-state index in [4.69, 9.17) is 20.4 Å². The molecule has 27 heavy (non-hydrogen) atoms. The van der Waals surface area contributed by atoms with E-state index in [0.29, 0.717) is 0 Å². The molecule has 2 rings (SSSR count). The first kappa shape index (κ1) is 22.8. The molecule has 0 saturated carbocycles. The van der Waals surface area contributed by atoms with Crippen molar-refractivity contribution in [2.24, 2.45) is 0 Å². The van der Waals surface area contributed by atoms with Gasteiger partial charge in [-0.25, -0.2) is 0 Å². The summed E-state index contributed by atoms with van der Waals surface area (Å²) in [5.74, 6) is -0.935. The number of benzene rings is 2. The number of carboxylic acids is 1. The molecular formula is C17H20O8S2. The average molecular weight is 416 g/mol. The Kier molecular flexibility index (Phi) is 9.65. The summed E-state index contributed by atoms with van der Waals surface area (Å²) in [6.45, 7) is -0.443. The Bertz CT molecular complexity index is 702. The van der Waals surface area contributed by atoms with Crippen molar-refractivity contribution in [1.82, 2.24) is 0 Å². The largest absolute Gasteiger partial charge is 0.508 e. The molecule has 0 amide bonds. The highest BCUT2D eigenvalue weighted by molar-refractivity contribution is 8.18. The molecule has 148 valence electrons. The van der Waals surface area contributed by atoms with Gasteiger partial charge in [0.2, 0.25) is 0 Å². The summed E-state index contributed by atoms with van der Waals surface area (Å²) in [4.78, 5) is 11.3. The molecule has 2 unspecified atom stereocenters. The van der Waals surface area contributed by atoms with Gasteiger partial charge in [0.25, 0.3) is 0 Å². The van der Waals surface area contributed by atoms with Crippen LogP contribution in [0.2, 0.25) is 0 Å². The Hall–Kier alpha value is -2.27. The van der Waals surface area contributed by atoms with Gasteiger partial charge in [-0.15, -0.1) is 11.8 Å². The molecule has 0 aliphatic heterocycles. The Morgan fingerprint density at radius 2 is 1.44 bits per heavy atom. The second-order valence-electron chi connectivity index (χ2n) is 5.13. The Labute approximate surface area is 163 Å². The quantitative estimate of drug-likeness (QED) is 0.201. The summed E-state index contributed by atoms with van der Waals surface area (Å²) < 4.78 is -0.964. The predicted molar refractivity (Wildman–Crippen MR) is 102 cm³/mol. The Morgan fingerprint density at radius 1 is 0.926 bits per heavy atom. The van der Waals surface area contributed by atoms with E-state index in [9.17, 15) is 20.1 Å². The fourth-order valence-corrected chi connectivity index (χ4v) is 3.74. The van der Waals surface area contributed by atoms with Crippen LogP contribution in [0.1, 0.15) is 0 Å². The molecule has 0 fully saturated rings. The van der Waals surface area contributed by atoms with Gasteiger partial charge in [0.1, 0.15) is 23.0 Å². The molecule has 0 spiro atoms. The van der Waals surface area contributed by atoms with E-state index in [1.165, 1.54) is 42.5 Å². The van der Waals surface area contributed by atoms with Crippen molar-refractivity contribution in [3.63, 3.8) is 0 Å². The van der Waals surface area contributed by atoms with E-state index in [0.717, 1.165) is 23.5 Å². The summed E-state index contributed by atoms with van der Waals surface area (Å²) in [7, 11) is 0. The first-order valence-electron chi connectivity index (χ1n) is 7.53. The number of carbonyl (C=O) groups is 1. The minimum atomic E-state index is -1.12. The maximum absolute atomic E-state index is 11.1. The Morgan fingerprint density at radius 3 is 1.93 bits per heavy atom. The van der Waals surface area contributed by atoms with Crippen LogP contribution >= 0.6 is 23.5 Å². The number of phenolic OH excluding ortho intramolecular Hbond substituents is 4. The molecule has 7 N–H and O–H groups in total. The second kappa shape index (κ2) is 11.4. The predicted octanol–water partition coefficient (Wildman–Crippen LogP) is 1.78. The molecule has 0 aliphatic carbocycles. The number of rotatable bonds is 7. The van der Waals surface area contributed by atoms with E-state index in [1.807, 2.05) is 0 Å². The van der Waals surface area contributed by atoms with Gasteiger partial charge in [0.15, 0.2) is 4.58 Å². The number of phenols is 4. The monoisotopic (exact) mass is 416 g/mol. The molecule has 2 aromatic carbocycles. The van der Waals surface area contributed by atoms with Crippen molar-refractivity contribution in [2.75, 3.05) is 12.4 Å². The summed E-state index contributed by atoms with van der Waals surface area (Å²) in [5.41, 5.74) is 0. The zero-order chi connectivity index (χ0) is 20.4. The van der Waals surface area contributed by atoms with Gasteiger partial charge in [0, 0.05) is 5.75 Å². The lowest BCUT2D eigenvalue weighted by atomic mass is 10.3. The van der Waals surface area contributed by atoms with Crippen LogP contribution in [0.25, 0.3) is 0 Å². The van der Waals surface area contributed by atoms with Crippen LogP contribution in [-0.2, 0) is 4.79 Å². The molecule has 0 radical (unpaired) electrons. The number of hydrogen-bond acceptors (Lipinski definition) is 9. The van der Waals surface area contributed by atoms with Crippen LogP contribution in [0.3, 0.4) is 0 Å². The van der Waals surface area contributed by atoms with E-state index in [1.54, 1.807) is 0 Å². The number of aliphatic carboxylic acids is 1. The number of aliphatic hydroxyl groups is 2. The fourth-order valence-electron chi connectivity index (χ4n) is 1.57. The highest BCUT2D eigenvalue weighted by atomic mass is 32.2. The molecule has 0 heterocycles. The smallest absolute Gasteiger partial charge is 0.327 e. The van der Waals surface area contributed by atoms with Crippen molar-refractivity contribution in [1.29, 1.82) is 0 Å². The molecule has 10 heteroatoms. The average Bonchev–Trinajstić information content (AvgIpc) is 2.63. The molecule has 2 atom stereocenters. The van der Waals surface area contributed by atoms with Gasteiger partial charge < -0.3 is 35.7 Å². The summed E-state index contributed by atoms with van der Waals surface area (Å²) in [6, 6.07) is 9.52. The SMILES string of the molecule is O=C(O)C(SCC(O)CO)Sc1cc(O)ccc1O.Oc1ccc(O)cc1. The first-order valence-corrected chi connectivity index (χ1v) is 9.45. The van der Waals surface area contributed by atoms with Crippen LogP contribution in [0.4, 0.5) is 0 Å². The molecular weight excluding hydrogens is 396 g/mol. The fraction of sp³-hybridized carbons (Fsp3) is 0.235. The van der Waals surface area contributed by atoms with Gasteiger partial charge in [-0.05, 0) is 42.5 Å². The summed E-state index contributed by atoms with van der Waals surface area (Å²) in [5, 5.41) is 63.1. The van der Waals surface area contributed by atoms with Crippen molar-refractivity contribution in [3.05, 3.63) is 42.5 Å². The van der Waals surface area contributed by atoms with Crippen LogP contribution in [0, 0.1) is 0 Å². The molecule has 0 saturated heterocycles. The highest BCUT2D eigenvalue weighted by Crippen LogP contribution is 2.38. The van der Waals surface area contributed by atoms with Crippen LogP contribution < -0.4 is 0 Å². The standard InChI is InChI=1S/C11H14O6S2.C6H6O2/c12-4-7(14)5-18-11(10(16)17)19-9-3-6(13)1-2-8(9)15;7-5-1-2-6(8)4-3-5/h1-3,7,11-15H,4-5H2,(H,16,17);1-4,7-8H. The third-order valence-electron chi connectivity index (χ3n) is 2.88. The maximum Gasteiger partial charge on any atom is 0.327 e. The van der Waals surface area contributed by atoms with Crippen molar-refractivity contribution < 1.29 is 40.5 Å². The third-order valence-corrected chi connectivity index (χ3v) is 5.65. The normalized spacial score (nSPS) is 12.5. The number of aliphatic hydroxyl groups excluding tert-OH is 2. The van der Waals surface area contributed by atoms with Crippen LogP contribution in [0.15, 0.2) is 47.4 Å². The highest BCUT2D eigenvalue weighted by Gasteiger charge is 2.22. The second-order valence-corrected chi connectivity index (χ2v) is 7.71. The van der Waals surface area contributed by atoms with Gasteiger partial charge in [-0.2, -0.15) is 0 Å². The first-order chi connectivity index (χ1) is 12.7. The van der Waals surface area contributed by atoms with E-state index < -0.39 is 23.3 Å². The van der Waals surface area contributed by atoms with Gasteiger partial charge in [-0.3, -0.25) is 4.79 Å². The Balaban J connectivity index is 0.000000377. The lowest BCUT2D eigenvalue weighted by Gasteiger charge is -2.14. The van der Waals surface area contributed by atoms with E-state index in [2.05, 4.69) is 0 Å². The van der Waals surface area contributed by atoms with Crippen molar-refractivity contribution in [3.8, 4) is 23.0 Å². The topological polar surface area (TPSA) is 159 Å².